The van der Waals surface area contributed by atoms with E-state index in [4.69, 9.17) is 0 Å². The fourth-order valence-corrected chi connectivity index (χ4v) is 3.60. The third-order valence-electron chi connectivity index (χ3n) is 4.08. The molecule has 0 aliphatic heterocycles. The summed E-state index contributed by atoms with van der Waals surface area (Å²) in [6.45, 7) is 7.55. The minimum Gasteiger partial charge on any atom is -0.367 e. The van der Waals surface area contributed by atoms with Crippen molar-refractivity contribution in [3.63, 3.8) is 0 Å². The largest absolute Gasteiger partial charge is 0.367 e. The molecule has 1 aliphatic rings. The lowest BCUT2D eigenvalue weighted by atomic mass is 10.2. The van der Waals surface area contributed by atoms with Gasteiger partial charge in [-0.05, 0) is 50.5 Å². The zero-order valence-electron chi connectivity index (χ0n) is 12.9. The minimum absolute atomic E-state index is 0.785. The molecule has 21 heavy (non-hydrogen) atoms. The standard InChI is InChI=1S/C18H24N2S/c1-3-20(17-7-5-4-6-8-17)13-15-11-18(21-14(15)2)12-19-16-9-10-16/h4-8,11,16,19H,3,9-10,12-13H2,1-2H3. The number of thiophene rings is 1. The van der Waals surface area contributed by atoms with Crippen LogP contribution in [0.5, 0.6) is 0 Å². The van der Waals surface area contributed by atoms with Gasteiger partial charge in [0.05, 0.1) is 0 Å². The molecular weight excluding hydrogens is 276 g/mol. The van der Waals surface area contributed by atoms with Crippen molar-refractivity contribution in [1.29, 1.82) is 0 Å². The molecule has 0 saturated heterocycles. The van der Waals surface area contributed by atoms with Gasteiger partial charge in [0, 0.05) is 41.1 Å². The number of aryl methyl sites for hydroxylation is 1. The van der Waals surface area contributed by atoms with Crippen molar-refractivity contribution in [2.45, 2.75) is 45.8 Å². The number of nitrogens with zero attached hydrogens (tertiary/aromatic N) is 1. The molecule has 0 radical (unpaired) electrons. The molecule has 1 aromatic carbocycles. The van der Waals surface area contributed by atoms with Crippen LogP contribution >= 0.6 is 11.3 Å². The molecule has 0 atom stereocenters. The minimum atomic E-state index is 0.785. The molecule has 1 fully saturated rings. The van der Waals surface area contributed by atoms with Gasteiger partial charge >= 0.3 is 0 Å². The van der Waals surface area contributed by atoms with E-state index in [1.807, 2.05) is 11.3 Å². The third kappa shape index (κ3) is 3.86. The van der Waals surface area contributed by atoms with Crippen LogP contribution in [0, 0.1) is 6.92 Å². The van der Waals surface area contributed by atoms with E-state index in [2.05, 4.69) is 60.5 Å². The molecule has 0 bridgehead atoms. The fraction of sp³-hybridized carbons (Fsp3) is 0.444. The number of nitrogens with one attached hydrogen (secondary N) is 1. The lowest BCUT2D eigenvalue weighted by molar-refractivity contribution is 0.694. The summed E-state index contributed by atoms with van der Waals surface area (Å²) in [5.74, 6) is 0. The van der Waals surface area contributed by atoms with E-state index < -0.39 is 0 Å². The summed E-state index contributed by atoms with van der Waals surface area (Å²) in [4.78, 5) is 5.36. The van der Waals surface area contributed by atoms with Gasteiger partial charge in [-0.15, -0.1) is 11.3 Å². The highest BCUT2D eigenvalue weighted by molar-refractivity contribution is 7.12. The van der Waals surface area contributed by atoms with Gasteiger partial charge in [-0.1, -0.05) is 18.2 Å². The van der Waals surface area contributed by atoms with Gasteiger partial charge in [-0.25, -0.2) is 0 Å². The first-order valence-electron chi connectivity index (χ1n) is 7.88. The second-order valence-corrected chi connectivity index (χ2v) is 7.14. The number of rotatable bonds is 7. The Kier molecular flexibility index (Phi) is 4.61. The van der Waals surface area contributed by atoms with Crippen molar-refractivity contribution in [2.24, 2.45) is 0 Å². The monoisotopic (exact) mass is 300 g/mol. The zero-order valence-corrected chi connectivity index (χ0v) is 13.7. The molecule has 2 nitrogen and oxygen atoms in total. The Morgan fingerprint density at radius 2 is 2.00 bits per heavy atom. The van der Waals surface area contributed by atoms with Crippen molar-refractivity contribution >= 4 is 17.0 Å². The predicted molar refractivity (Wildman–Crippen MR) is 92.1 cm³/mol. The van der Waals surface area contributed by atoms with Gasteiger partial charge in [0.2, 0.25) is 0 Å². The summed E-state index contributed by atoms with van der Waals surface area (Å²) in [6.07, 6.45) is 2.71. The van der Waals surface area contributed by atoms with Gasteiger partial charge in [-0.3, -0.25) is 0 Å². The maximum Gasteiger partial charge on any atom is 0.0440 e. The van der Waals surface area contributed by atoms with Gasteiger partial charge in [0.15, 0.2) is 0 Å². The summed E-state index contributed by atoms with van der Waals surface area (Å²) in [5.41, 5.74) is 2.78. The number of hydrogen-bond acceptors (Lipinski definition) is 3. The van der Waals surface area contributed by atoms with Crippen LogP contribution in [0.1, 0.15) is 35.1 Å². The van der Waals surface area contributed by atoms with E-state index in [0.29, 0.717) is 0 Å². The van der Waals surface area contributed by atoms with Crippen molar-refractivity contribution in [3.05, 3.63) is 51.7 Å². The smallest absolute Gasteiger partial charge is 0.0440 e. The average Bonchev–Trinajstić information content (AvgIpc) is 3.28. The van der Waals surface area contributed by atoms with Crippen molar-refractivity contribution in [2.75, 3.05) is 11.4 Å². The summed E-state index contributed by atoms with van der Waals surface area (Å²) >= 11 is 1.94. The number of hydrogen-bond donors (Lipinski definition) is 1. The van der Waals surface area contributed by atoms with Crippen LogP contribution in [-0.4, -0.2) is 12.6 Å². The highest BCUT2D eigenvalue weighted by Crippen LogP contribution is 2.26. The van der Waals surface area contributed by atoms with Crippen LogP contribution in [-0.2, 0) is 13.1 Å². The topological polar surface area (TPSA) is 15.3 Å². The quantitative estimate of drug-likeness (QED) is 0.818. The zero-order chi connectivity index (χ0) is 14.7. The van der Waals surface area contributed by atoms with E-state index in [9.17, 15) is 0 Å². The van der Waals surface area contributed by atoms with Crippen molar-refractivity contribution in [1.82, 2.24) is 5.32 Å². The Morgan fingerprint density at radius 3 is 2.67 bits per heavy atom. The van der Waals surface area contributed by atoms with Crippen LogP contribution in [0.2, 0.25) is 0 Å². The predicted octanol–water partition coefficient (Wildman–Crippen LogP) is 4.34. The molecule has 1 heterocycles. The number of anilines is 1. The average molecular weight is 300 g/mol. The van der Waals surface area contributed by atoms with Crippen LogP contribution in [0.15, 0.2) is 36.4 Å². The summed E-state index contributed by atoms with van der Waals surface area (Å²) < 4.78 is 0. The molecule has 1 saturated carbocycles. The van der Waals surface area contributed by atoms with Crippen molar-refractivity contribution in [3.8, 4) is 0 Å². The third-order valence-corrected chi connectivity index (χ3v) is 5.17. The van der Waals surface area contributed by atoms with Crippen LogP contribution in [0.3, 0.4) is 0 Å². The maximum absolute atomic E-state index is 3.61. The van der Waals surface area contributed by atoms with E-state index in [1.54, 1.807) is 0 Å². The highest BCUT2D eigenvalue weighted by Gasteiger charge is 2.20. The lowest BCUT2D eigenvalue weighted by Crippen LogP contribution is -2.21. The van der Waals surface area contributed by atoms with Crippen LogP contribution in [0.4, 0.5) is 5.69 Å². The van der Waals surface area contributed by atoms with Gasteiger partial charge in [0.25, 0.3) is 0 Å². The second-order valence-electron chi connectivity index (χ2n) is 5.80. The normalized spacial score (nSPS) is 14.4. The lowest BCUT2D eigenvalue weighted by Gasteiger charge is -2.23. The van der Waals surface area contributed by atoms with Crippen molar-refractivity contribution < 1.29 is 0 Å². The van der Waals surface area contributed by atoms with Crippen LogP contribution in [0.25, 0.3) is 0 Å². The molecule has 1 aromatic heterocycles. The Labute approximate surface area is 131 Å². The van der Waals surface area contributed by atoms with Gasteiger partial charge < -0.3 is 10.2 Å². The van der Waals surface area contributed by atoms with E-state index >= 15 is 0 Å². The van der Waals surface area contributed by atoms with Crippen LogP contribution < -0.4 is 10.2 Å². The SMILES string of the molecule is CCN(Cc1cc(CNC2CC2)sc1C)c1ccccc1. The Balaban J connectivity index is 1.67. The number of para-hydroxylation sites is 1. The molecular formula is C18H24N2S. The van der Waals surface area contributed by atoms with E-state index in [1.165, 1.54) is 33.8 Å². The summed E-state index contributed by atoms with van der Waals surface area (Å²) in [5, 5.41) is 3.61. The van der Waals surface area contributed by atoms with Gasteiger partial charge in [-0.2, -0.15) is 0 Å². The molecule has 1 aliphatic carbocycles. The molecule has 3 heteroatoms. The highest BCUT2D eigenvalue weighted by atomic mass is 32.1. The number of benzene rings is 1. The molecule has 3 rings (SSSR count). The van der Waals surface area contributed by atoms with Gasteiger partial charge in [0.1, 0.15) is 0 Å². The second kappa shape index (κ2) is 6.63. The summed E-state index contributed by atoms with van der Waals surface area (Å²) in [6, 6.07) is 13.9. The van der Waals surface area contributed by atoms with E-state index in [-0.39, 0.29) is 0 Å². The molecule has 112 valence electrons. The molecule has 0 spiro atoms. The molecule has 1 N–H and O–H groups in total. The molecule has 2 aromatic rings. The van der Waals surface area contributed by atoms with E-state index in [0.717, 1.165) is 25.7 Å². The first-order chi connectivity index (χ1) is 10.3. The molecule has 0 unspecified atom stereocenters. The summed E-state index contributed by atoms with van der Waals surface area (Å²) in [7, 11) is 0. The first-order valence-corrected chi connectivity index (χ1v) is 8.69. The Bertz CT molecular complexity index is 572. The molecule has 0 amide bonds. The maximum atomic E-state index is 3.61. The first kappa shape index (κ1) is 14.6. The fourth-order valence-electron chi connectivity index (χ4n) is 2.59. The Hall–Kier alpha value is -1.32. The Morgan fingerprint density at radius 1 is 1.24 bits per heavy atom.